The van der Waals surface area contributed by atoms with Crippen molar-refractivity contribution < 1.29 is 4.74 Å². The van der Waals surface area contributed by atoms with Crippen LogP contribution in [-0.2, 0) is 4.74 Å². The van der Waals surface area contributed by atoms with E-state index in [9.17, 15) is 0 Å². The van der Waals surface area contributed by atoms with Crippen molar-refractivity contribution in [1.82, 2.24) is 0 Å². The molecule has 1 aromatic rings. The molecule has 1 heterocycles. The molecule has 86 valence electrons. The molecule has 0 saturated heterocycles. The third kappa shape index (κ3) is 2.68. The van der Waals surface area contributed by atoms with Crippen molar-refractivity contribution in [2.45, 2.75) is 16.8 Å². The van der Waals surface area contributed by atoms with Gasteiger partial charge < -0.3 is 4.74 Å². The summed E-state index contributed by atoms with van der Waals surface area (Å²) in [7, 11) is 0. The van der Waals surface area contributed by atoms with Crippen LogP contribution in [0, 0.1) is 0 Å². The Hall–Kier alpha value is 0.130. The Labute approximate surface area is 120 Å². The topological polar surface area (TPSA) is 21.6 Å². The van der Waals surface area contributed by atoms with E-state index in [0.717, 1.165) is 28.0 Å². The van der Waals surface area contributed by atoms with Crippen molar-refractivity contribution in [1.29, 1.82) is 0 Å². The molecule has 0 saturated carbocycles. The van der Waals surface area contributed by atoms with E-state index >= 15 is 0 Å². The average molecular weight is 412 g/mol. The fourth-order valence-electron chi connectivity index (χ4n) is 1.48. The van der Waals surface area contributed by atoms with Gasteiger partial charge in [-0.3, -0.25) is 0 Å². The number of benzene rings is 1. The monoisotopic (exact) mass is 409 g/mol. The third-order valence-corrected chi connectivity index (χ3v) is 3.99. The third-order valence-electron chi connectivity index (χ3n) is 2.28. The van der Waals surface area contributed by atoms with Crippen LogP contribution in [0.25, 0.3) is 0 Å². The number of aliphatic imine (C=N–C) groups is 1. The second-order valence-electron chi connectivity index (χ2n) is 3.61. The molecule has 5 heteroatoms. The molecular weight excluding hydrogens is 402 g/mol. The SMILES string of the molecule is CC1CN=C(c2ccc(Br)c(C(Br)Br)c2)O1. The van der Waals surface area contributed by atoms with Gasteiger partial charge >= 0.3 is 0 Å². The van der Waals surface area contributed by atoms with Crippen molar-refractivity contribution in [2.75, 3.05) is 6.54 Å². The van der Waals surface area contributed by atoms with E-state index in [1.165, 1.54) is 0 Å². The molecule has 0 spiro atoms. The van der Waals surface area contributed by atoms with Gasteiger partial charge in [-0.15, -0.1) is 0 Å². The molecule has 1 atom stereocenters. The summed E-state index contributed by atoms with van der Waals surface area (Å²) in [4.78, 5) is 4.37. The maximum Gasteiger partial charge on any atom is 0.216 e. The van der Waals surface area contributed by atoms with Crippen molar-refractivity contribution in [3.63, 3.8) is 0 Å². The number of hydrogen-bond donors (Lipinski definition) is 0. The second kappa shape index (κ2) is 5.19. The number of hydrogen-bond acceptors (Lipinski definition) is 2. The maximum atomic E-state index is 5.63. The summed E-state index contributed by atoms with van der Waals surface area (Å²) in [5.41, 5.74) is 2.15. The smallest absolute Gasteiger partial charge is 0.216 e. The Morgan fingerprint density at radius 3 is 2.75 bits per heavy atom. The minimum absolute atomic E-state index is 0.119. The van der Waals surface area contributed by atoms with E-state index in [-0.39, 0.29) is 9.84 Å². The van der Waals surface area contributed by atoms with Crippen LogP contribution in [0.1, 0.15) is 21.8 Å². The number of halogens is 3. The van der Waals surface area contributed by atoms with Crippen LogP contribution in [0.4, 0.5) is 0 Å². The predicted molar refractivity (Wildman–Crippen MR) is 76.7 cm³/mol. The fourth-order valence-corrected chi connectivity index (χ4v) is 3.33. The molecule has 2 nitrogen and oxygen atoms in total. The lowest BCUT2D eigenvalue weighted by atomic mass is 10.1. The van der Waals surface area contributed by atoms with Crippen molar-refractivity contribution in [2.24, 2.45) is 4.99 Å². The Morgan fingerprint density at radius 2 is 2.19 bits per heavy atom. The van der Waals surface area contributed by atoms with E-state index < -0.39 is 0 Å². The van der Waals surface area contributed by atoms with E-state index in [1.807, 2.05) is 19.1 Å². The van der Waals surface area contributed by atoms with Crippen LogP contribution in [0.2, 0.25) is 0 Å². The zero-order valence-corrected chi connectivity index (χ0v) is 13.3. The molecule has 1 aliphatic rings. The lowest BCUT2D eigenvalue weighted by Crippen LogP contribution is -2.09. The summed E-state index contributed by atoms with van der Waals surface area (Å²) >= 11 is 10.5. The molecule has 0 N–H and O–H groups in total. The highest BCUT2D eigenvalue weighted by Crippen LogP contribution is 2.35. The molecular formula is C11H10Br3NO. The quantitative estimate of drug-likeness (QED) is 0.661. The zero-order valence-electron chi connectivity index (χ0n) is 8.58. The fraction of sp³-hybridized carbons (Fsp3) is 0.364. The Morgan fingerprint density at radius 1 is 1.44 bits per heavy atom. The zero-order chi connectivity index (χ0) is 11.7. The van der Waals surface area contributed by atoms with Crippen LogP contribution in [0.5, 0.6) is 0 Å². The van der Waals surface area contributed by atoms with Crippen LogP contribution in [0.15, 0.2) is 27.7 Å². The van der Waals surface area contributed by atoms with Crippen LogP contribution in [-0.4, -0.2) is 18.5 Å². The van der Waals surface area contributed by atoms with E-state index in [0.29, 0.717) is 0 Å². The summed E-state index contributed by atoms with van der Waals surface area (Å²) in [6.45, 7) is 2.76. The van der Waals surface area contributed by atoms with Gasteiger partial charge in [0.15, 0.2) is 0 Å². The molecule has 16 heavy (non-hydrogen) atoms. The summed E-state index contributed by atoms with van der Waals surface area (Å²) in [6.07, 6.45) is 0.186. The predicted octanol–water partition coefficient (Wildman–Crippen LogP) is 4.40. The maximum absolute atomic E-state index is 5.63. The van der Waals surface area contributed by atoms with Gasteiger partial charge in [-0.05, 0) is 30.7 Å². The number of alkyl halides is 2. The number of rotatable bonds is 2. The average Bonchev–Trinajstić information content (AvgIpc) is 2.65. The lowest BCUT2D eigenvalue weighted by Gasteiger charge is -2.10. The molecule has 0 aliphatic carbocycles. The molecule has 0 fully saturated rings. The summed E-state index contributed by atoms with van der Waals surface area (Å²) in [5.74, 6) is 0.738. The number of ether oxygens (including phenoxy) is 1. The highest BCUT2D eigenvalue weighted by molar-refractivity contribution is 9.24. The normalized spacial score (nSPS) is 19.8. The van der Waals surface area contributed by atoms with Crippen LogP contribution >= 0.6 is 47.8 Å². The highest BCUT2D eigenvalue weighted by Gasteiger charge is 2.18. The molecule has 1 aliphatic heterocycles. The minimum Gasteiger partial charge on any atom is -0.472 e. The van der Waals surface area contributed by atoms with Gasteiger partial charge in [0, 0.05) is 10.0 Å². The first-order chi connectivity index (χ1) is 7.58. The van der Waals surface area contributed by atoms with Crippen LogP contribution < -0.4 is 0 Å². The first kappa shape index (κ1) is 12.6. The van der Waals surface area contributed by atoms with Crippen LogP contribution in [0.3, 0.4) is 0 Å². The molecule has 0 amide bonds. The Kier molecular flexibility index (Phi) is 4.08. The van der Waals surface area contributed by atoms with Crippen molar-refractivity contribution >= 4 is 53.7 Å². The van der Waals surface area contributed by atoms with Gasteiger partial charge in [0.2, 0.25) is 5.90 Å². The summed E-state index contributed by atoms with van der Waals surface area (Å²) in [5, 5.41) is 0. The van der Waals surface area contributed by atoms with Gasteiger partial charge in [-0.1, -0.05) is 47.8 Å². The van der Waals surface area contributed by atoms with Gasteiger partial charge in [-0.2, -0.15) is 0 Å². The lowest BCUT2D eigenvalue weighted by molar-refractivity contribution is 0.246. The molecule has 1 unspecified atom stereocenters. The molecule has 0 radical (unpaired) electrons. The van der Waals surface area contributed by atoms with Gasteiger partial charge in [0.05, 0.1) is 10.3 Å². The first-order valence-corrected chi connectivity index (χ1v) is 7.49. The van der Waals surface area contributed by atoms with Crippen molar-refractivity contribution in [3.05, 3.63) is 33.8 Å². The Bertz CT molecular complexity index is 431. The van der Waals surface area contributed by atoms with Gasteiger partial charge in [0.25, 0.3) is 0 Å². The second-order valence-corrected chi connectivity index (χ2v) is 7.53. The molecule has 1 aromatic carbocycles. The minimum atomic E-state index is 0.119. The van der Waals surface area contributed by atoms with E-state index in [4.69, 9.17) is 4.74 Å². The van der Waals surface area contributed by atoms with E-state index in [1.54, 1.807) is 0 Å². The summed E-state index contributed by atoms with van der Waals surface area (Å²) < 4.78 is 6.80. The number of nitrogens with zero attached hydrogens (tertiary/aromatic N) is 1. The standard InChI is InChI=1S/C11H10Br3NO/c1-6-5-15-11(16-6)7-2-3-9(12)8(4-7)10(13)14/h2-4,6,10H,5H2,1H3. The first-order valence-electron chi connectivity index (χ1n) is 4.87. The van der Waals surface area contributed by atoms with Gasteiger partial charge in [0.1, 0.15) is 6.10 Å². The summed E-state index contributed by atoms with van der Waals surface area (Å²) in [6, 6.07) is 6.08. The molecule has 0 bridgehead atoms. The van der Waals surface area contributed by atoms with Crippen molar-refractivity contribution in [3.8, 4) is 0 Å². The Balaban J connectivity index is 2.33. The highest BCUT2D eigenvalue weighted by atomic mass is 79.9. The molecule has 0 aromatic heterocycles. The van der Waals surface area contributed by atoms with E-state index in [2.05, 4.69) is 58.8 Å². The van der Waals surface area contributed by atoms with Gasteiger partial charge in [-0.25, -0.2) is 4.99 Å². The molecule has 2 rings (SSSR count). The largest absolute Gasteiger partial charge is 0.472 e.